The zero-order valence-electron chi connectivity index (χ0n) is 9.66. The van der Waals surface area contributed by atoms with Crippen LogP contribution in [0.15, 0.2) is 0 Å². The van der Waals surface area contributed by atoms with E-state index in [1.54, 1.807) is 32.7 Å². The molecular weight excluding hydrogens is 212 g/mol. The molecule has 88 valence electrons. The highest BCUT2D eigenvalue weighted by atomic mass is 32.2. The standard InChI is InChI=1S/C11H20O3S/c1-11(2,10(12)13)15-9-6-4-5-8(7-9)14-3/h8-9H,4-7H2,1-3H3,(H,12,13). The molecule has 15 heavy (non-hydrogen) atoms. The Morgan fingerprint density at radius 3 is 2.67 bits per heavy atom. The SMILES string of the molecule is COC1CCCC(SC(C)(C)C(=O)O)C1. The maximum atomic E-state index is 11.0. The number of hydrogen-bond donors (Lipinski definition) is 1. The van der Waals surface area contributed by atoms with E-state index >= 15 is 0 Å². The molecule has 1 rings (SSSR count). The topological polar surface area (TPSA) is 46.5 Å². The first-order valence-electron chi connectivity index (χ1n) is 5.39. The molecule has 4 heteroatoms. The van der Waals surface area contributed by atoms with Crippen molar-refractivity contribution < 1.29 is 14.6 Å². The predicted molar refractivity (Wildman–Crippen MR) is 62.4 cm³/mol. The Hall–Kier alpha value is -0.220. The first-order valence-corrected chi connectivity index (χ1v) is 6.27. The summed E-state index contributed by atoms with van der Waals surface area (Å²) < 4.78 is 4.66. The van der Waals surface area contributed by atoms with E-state index < -0.39 is 10.7 Å². The molecule has 0 aromatic carbocycles. The van der Waals surface area contributed by atoms with Crippen LogP contribution >= 0.6 is 11.8 Å². The van der Waals surface area contributed by atoms with Gasteiger partial charge in [-0.3, -0.25) is 4.79 Å². The normalized spacial score (nSPS) is 27.7. The highest BCUT2D eigenvalue weighted by Crippen LogP contribution is 2.37. The van der Waals surface area contributed by atoms with Crippen molar-refractivity contribution in [2.75, 3.05) is 7.11 Å². The van der Waals surface area contributed by atoms with Crippen LogP contribution in [0.2, 0.25) is 0 Å². The van der Waals surface area contributed by atoms with E-state index in [0.29, 0.717) is 11.4 Å². The summed E-state index contributed by atoms with van der Waals surface area (Å²) in [5.41, 5.74) is 0. The lowest BCUT2D eigenvalue weighted by molar-refractivity contribution is -0.138. The maximum absolute atomic E-state index is 11.0. The fourth-order valence-corrected chi connectivity index (χ4v) is 3.42. The number of ether oxygens (including phenoxy) is 1. The first-order chi connectivity index (χ1) is 6.95. The van der Waals surface area contributed by atoms with Gasteiger partial charge in [-0.05, 0) is 39.5 Å². The average molecular weight is 232 g/mol. The van der Waals surface area contributed by atoms with Gasteiger partial charge in [-0.1, -0.05) is 0 Å². The largest absolute Gasteiger partial charge is 0.480 e. The van der Waals surface area contributed by atoms with Gasteiger partial charge >= 0.3 is 5.97 Å². The van der Waals surface area contributed by atoms with E-state index in [9.17, 15) is 4.79 Å². The summed E-state index contributed by atoms with van der Waals surface area (Å²) in [5.74, 6) is -0.730. The molecule has 1 aliphatic rings. The number of methoxy groups -OCH3 is 1. The Morgan fingerprint density at radius 2 is 2.13 bits per heavy atom. The summed E-state index contributed by atoms with van der Waals surface area (Å²) in [6, 6.07) is 0. The summed E-state index contributed by atoms with van der Waals surface area (Å²) in [4.78, 5) is 11.0. The van der Waals surface area contributed by atoms with Crippen molar-refractivity contribution in [1.82, 2.24) is 0 Å². The lowest BCUT2D eigenvalue weighted by Crippen LogP contribution is -2.33. The smallest absolute Gasteiger partial charge is 0.319 e. The summed E-state index contributed by atoms with van der Waals surface area (Å²) >= 11 is 1.57. The van der Waals surface area contributed by atoms with Gasteiger partial charge in [-0.25, -0.2) is 0 Å². The van der Waals surface area contributed by atoms with Crippen LogP contribution < -0.4 is 0 Å². The Bertz CT molecular complexity index is 228. The Labute approximate surface area is 95.6 Å². The molecule has 0 bridgehead atoms. The molecule has 0 spiro atoms. The molecule has 2 atom stereocenters. The summed E-state index contributed by atoms with van der Waals surface area (Å²) in [7, 11) is 1.74. The second-order valence-corrected chi connectivity index (χ2v) is 6.50. The molecule has 0 saturated heterocycles. The molecule has 2 unspecified atom stereocenters. The van der Waals surface area contributed by atoms with Crippen LogP contribution in [0.1, 0.15) is 39.5 Å². The monoisotopic (exact) mass is 232 g/mol. The summed E-state index contributed by atoms with van der Waals surface area (Å²) in [6.07, 6.45) is 4.67. The van der Waals surface area contributed by atoms with Gasteiger partial charge in [0.2, 0.25) is 0 Å². The second-order valence-electron chi connectivity index (χ2n) is 4.58. The third kappa shape index (κ3) is 3.68. The number of thioether (sulfide) groups is 1. The number of carboxylic acid groups (broad SMARTS) is 1. The van der Waals surface area contributed by atoms with Crippen LogP contribution in [0.4, 0.5) is 0 Å². The van der Waals surface area contributed by atoms with E-state index in [2.05, 4.69) is 0 Å². The molecule has 1 fully saturated rings. The predicted octanol–water partition coefficient (Wildman–Crippen LogP) is 2.54. The minimum atomic E-state index is -0.730. The summed E-state index contributed by atoms with van der Waals surface area (Å²) in [5, 5.41) is 9.47. The third-order valence-electron chi connectivity index (χ3n) is 2.89. The van der Waals surface area contributed by atoms with Gasteiger partial charge in [0, 0.05) is 12.4 Å². The minimum absolute atomic E-state index is 0.320. The van der Waals surface area contributed by atoms with E-state index in [-0.39, 0.29) is 0 Å². The lowest BCUT2D eigenvalue weighted by atomic mass is 9.97. The first kappa shape index (κ1) is 12.8. The van der Waals surface area contributed by atoms with Gasteiger partial charge in [0.1, 0.15) is 4.75 Å². The Kier molecular flexibility index (Phi) is 4.46. The molecular formula is C11H20O3S. The van der Waals surface area contributed by atoms with Gasteiger partial charge in [-0.15, -0.1) is 11.8 Å². The maximum Gasteiger partial charge on any atom is 0.319 e. The number of hydrogen-bond acceptors (Lipinski definition) is 3. The van der Waals surface area contributed by atoms with Crippen LogP contribution in [0.5, 0.6) is 0 Å². The van der Waals surface area contributed by atoms with Crippen LogP contribution in [0.25, 0.3) is 0 Å². The van der Waals surface area contributed by atoms with Crippen molar-refractivity contribution in [3.05, 3.63) is 0 Å². The van der Waals surface area contributed by atoms with Gasteiger partial charge in [0.05, 0.1) is 6.10 Å². The molecule has 0 amide bonds. The highest BCUT2D eigenvalue weighted by Gasteiger charge is 2.33. The van der Waals surface area contributed by atoms with Gasteiger partial charge in [-0.2, -0.15) is 0 Å². The fourth-order valence-electron chi connectivity index (χ4n) is 1.89. The van der Waals surface area contributed by atoms with Crippen molar-refractivity contribution >= 4 is 17.7 Å². The minimum Gasteiger partial charge on any atom is -0.480 e. The van der Waals surface area contributed by atoms with E-state index in [0.717, 1.165) is 25.7 Å². The fraction of sp³-hybridized carbons (Fsp3) is 0.909. The molecule has 1 saturated carbocycles. The number of carboxylic acids is 1. The average Bonchev–Trinajstić information content (AvgIpc) is 2.17. The molecule has 0 radical (unpaired) electrons. The molecule has 3 nitrogen and oxygen atoms in total. The second kappa shape index (κ2) is 5.21. The van der Waals surface area contributed by atoms with Crippen molar-refractivity contribution in [1.29, 1.82) is 0 Å². The van der Waals surface area contributed by atoms with Crippen LogP contribution in [-0.4, -0.2) is 34.3 Å². The Morgan fingerprint density at radius 1 is 1.47 bits per heavy atom. The van der Waals surface area contributed by atoms with E-state index in [1.807, 2.05) is 0 Å². The highest BCUT2D eigenvalue weighted by molar-refractivity contribution is 8.01. The summed E-state index contributed by atoms with van der Waals surface area (Å²) in [6.45, 7) is 3.55. The molecule has 0 heterocycles. The quantitative estimate of drug-likeness (QED) is 0.809. The van der Waals surface area contributed by atoms with Crippen LogP contribution in [0, 0.1) is 0 Å². The lowest BCUT2D eigenvalue weighted by Gasteiger charge is -2.32. The molecule has 1 N–H and O–H groups in total. The number of carbonyl (C=O) groups is 1. The van der Waals surface area contributed by atoms with Crippen molar-refractivity contribution in [2.24, 2.45) is 0 Å². The van der Waals surface area contributed by atoms with E-state index in [4.69, 9.17) is 9.84 Å². The van der Waals surface area contributed by atoms with Gasteiger partial charge in [0.25, 0.3) is 0 Å². The number of rotatable bonds is 4. The van der Waals surface area contributed by atoms with Gasteiger partial charge < -0.3 is 9.84 Å². The molecule has 1 aliphatic carbocycles. The zero-order valence-corrected chi connectivity index (χ0v) is 10.5. The van der Waals surface area contributed by atoms with Crippen LogP contribution in [0.3, 0.4) is 0 Å². The number of aliphatic carboxylic acids is 1. The molecule has 0 aliphatic heterocycles. The zero-order chi connectivity index (χ0) is 11.5. The van der Waals surface area contributed by atoms with Crippen LogP contribution in [-0.2, 0) is 9.53 Å². The van der Waals surface area contributed by atoms with Gasteiger partial charge in [0.15, 0.2) is 0 Å². The van der Waals surface area contributed by atoms with Crippen molar-refractivity contribution in [3.63, 3.8) is 0 Å². The van der Waals surface area contributed by atoms with Crippen molar-refractivity contribution in [3.8, 4) is 0 Å². The molecule has 0 aromatic rings. The third-order valence-corrected chi connectivity index (χ3v) is 4.41. The Balaban J connectivity index is 2.47. The molecule has 0 aromatic heterocycles. The van der Waals surface area contributed by atoms with Crippen molar-refractivity contribution in [2.45, 2.75) is 55.6 Å². The van der Waals surface area contributed by atoms with E-state index in [1.165, 1.54) is 0 Å².